The summed E-state index contributed by atoms with van der Waals surface area (Å²) in [5, 5.41) is 13.9. The molecule has 7 nitrogen and oxygen atoms in total. The molecular formula is C12H23N3O4. The van der Waals surface area contributed by atoms with Gasteiger partial charge in [-0.3, -0.25) is 15.0 Å². The molecule has 0 spiro atoms. The summed E-state index contributed by atoms with van der Waals surface area (Å²) in [5.41, 5.74) is -0.384. The molecule has 19 heavy (non-hydrogen) atoms. The van der Waals surface area contributed by atoms with Gasteiger partial charge >= 0.3 is 6.03 Å². The Hall–Kier alpha value is -1.18. The standard InChI is InChI=1S/C12H23N3O4/c1-12(2,3)14-11(18)13-10(17)7-15-4-5-19-9(6-15)8-16/h9,16H,4-8H2,1-3H3,(H2,13,14,17,18). The number of aliphatic hydroxyl groups is 1. The zero-order valence-electron chi connectivity index (χ0n) is 11.7. The van der Waals surface area contributed by atoms with Gasteiger partial charge in [0.15, 0.2) is 0 Å². The Bertz CT molecular complexity index is 327. The first-order valence-corrected chi connectivity index (χ1v) is 6.37. The van der Waals surface area contributed by atoms with Crippen LogP contribution in [0.2, 0.25) is 0 Å². The van der Waals surface area contributed by atoms with Crippen LogP contribution in [0.4, 0.5) is 4.79 Å². The summed E-state index contributed by atoms with van der Waals surface area (Å²) in [7, 11) is 0. The second-order valence-corrected chi connectivity index (χ2v) is 5.66. The van der Waals surface area contributed by atoms with Crippen LogP contribution < -0.4 is 10.6 Å². The highest BCUT2D eigenvalue weighted by Crippen LogP contribution is 2.04. The van der Waals surface area contributed by atoms with Crippen LogP contribution in [0.1, 0.15) is 20.8 Å². The van der Waals surface area contributed by atoms with Crippen molar-refractivity contribution < 1.29 is 19.4 Å². The molecule has 0 saturated carbocycles. The first-order chi connectivity index (χ1) is 8.80. The van der Waals surface area contributed by atoms with Crippen molar-refractivity contribution in [3.05, 3.63) is 0 Å². The van der Waals surface area contributed by atoms with Gasteiger partial charge < -0.3 is 15.2 Å². The lowest BCUT2D eigenvalue weighted by molar-refractivity contribution is -0.123. The average Bonchev–Trinajstić information content (AvgIpc) is 2.26. The summed E-state index contributed by atoms with van der Waals surface area (Å²) in [6, 6.07) is -0.496. The molecule has 1 fully saturated rings. The summed E-state index contributed by atoms with van der Waals surface area (Å²) in [6.07, 6.45) is -0.259. The third-order valence-corrected chi connectivity index (χ3v) is 2.54. The quantitative estimate of drug-likeness (QED) is 0.633. The van der Waals surface area contributed by atoms with E-state index in [1.165, 1.54) is 0 Å². The number of nitrogens with zero attached hydrogens (tertiary/aromatic N) is 1. The minimum absolute atomic E-state index is 0.0668. The molecule has 1 heterocycles. The Labute approximate surface area is 113 Å². The van der Waals surface area contributed by atoms with E-state index in [-0.39, 0.29) is 30.7 Å². The van der Waals surface area contributed by atoms with E-state index in [0.29, 0.717) is 19.7 Å². The van der Waals surface area contributed by atoms with E-state index in [1.807, 2.05) is 25.7 Å². The predicted molar refractivity (Wildman–Crippen MR) is 69.7 cm³/mol. The first kappa shape index (κ1) is 15.9. The highest BCUT2D eigenvalue weighted by Gasteiger charge is 2.22. The topological polar surface area (TPSA) is 90.9 Å². The number of hydrogen-bond donors (Lipinski definition) is 3. The number of aliphatic hydroxyl groups excluding tert-OH is 1. The maximum absolute atomic E-state index is 11.7. The van der Waals surface area contributed by atoms with E-state index in [9.17, 15) is 9.59 Å². The molecule has 0 radical (unpaired) electrons. The zero-order valence-corrected chi connectivity index (χ0v) is 11.7. The van der Waals surface area contributed by atoms with Crippen molar-refractivity contribution in [2.75, 3.05) is 32.8 Å². The monoisotopic (exact) mass is 273 g/mol. The van der Waals surface area contributed by atoms with E-state index in [4.69, 9.17) is 9.84 Å². The highest BCUT2D eigenvalue weighted by molar-refractivity contribution is 5.95. The number of morpholine rings is 1. The number of rotatable bonds is 3. The number of urea groups is 1. The Morgan fingerprint density at radius 3 is 2.68 bits per heavy atom. The van der Waals surface area contributed by atoms with E-state index in [0.717, 1.165) is 0 Å². The van der Waals surface area contributed by atoms with Crippen molar-refractivity contribution >= 4 is 11.9 Å². The molecule has 1 aliphatic rings. The number of hydrogen-bond acceptors (Lipinski definition) is 5. The SMILES string of the molecule is CC(C)(C)NC(=O)NC(=O)CN1CCOC(CO)C1. The van der Waals surface area contributed by atoms with Gasteiger partial charge in [0, 0.05) is 18.6 Å². The molecule has 7 heteroatoms. The fraction of sp³-hybridized carbons (Fsp3) is 0.833. The number of imide groups is 1. The van der Waals surface area contributed by atoms with Gasteiger partial charge in [0.05, 0.1) is 25.9 Å². The van der Waals surface area contributed by atoms with E-state index in [2.05, 4.69) is 10.6 Å². The van der Waals surface area contributed by atoms with Crippen molar-refractivity contribution in [3.63, 3.8) is 0 Å². The normalized spacial score (nSPS) is 20.9. The minimum Gasteiger partial charge on any atom is -0.394 e. The number of ether oxygens (including phenoxy) is 1. The van der Waals surface area contributed by atoms with Gasteiger partial charge in [0.1, 0.15) is 0 Å². The summed E-state index contributed by atoms with van der Waals surface area (Å²) in [4.78, 5) is 25.0. The largest absolute Gasteiger partial charge is 0.394 e. The van der Waals surface area contributed by atoms with Gasteiger partial charge in [-0.1, -0.05) is 0 Å². The van der Waals surface area contributed by atoms with Gasteiger partial charge in [-0.05, 0) is 20.8 Å². The smallest absolute Gasteiger partial charge is 0.321 e. The summed E-state index contributed by atoms with van der Waals surface area (Å²) < 4.78 is 5.28. The summed E-state index contributed by atoms with van der Waals surface area (Å²) in [6.45, 7) is 7.16. The third-order valence-electron chi connectivity index (χ3n) is 2.54. The minimum atomic E-state index is -0.496. The maximum atomic E-state index is 11.7. The third kappa shape index (κ3) is 6.51. The molecule has 0 aromatic rings. The van der Waals surface area contributed by atoms with E-state index < -0.39 is 6.03 Å². The van der Waals surface area contributed by atoms with Crippen LogP contribution in [-0.2, 0) is 9.53 Å². The zero-order chi connectivity index (χ0) is 14.5. The summed E-state index contributed by atoms with van der Waals surface area (Å²) in [5.74, 6) is -0.361. The lowest BCUT2D eigenvalue weighted by Gasteiger charge is -2.31. The van der Waals surface area contributed by atoms with Crippen LogP contribution in [-0.4, -0.2) is 66.4 Å². The lowest BCUT2D eigenvalue weighted by atomic mass is 10.1. The average molecular weight is 273 g/mol. The lowest BCUT2D eigenvalue weighted by Crippen LogP contribution is -2.52. The number of nitrogens with one attached hydrogen (secondary N) is 2. The van der Waals surface area contributed by atoms with E-state index in [1.54, 1.807) is 0 Å². The van der Waals surface area contributed by atoms with Gasteiger partial charge in [-0.15, -0.1) is 0 Å². The molecule has 1 saturated heterocycles. The number of carbonyl (C=O) groups is 2. The van der Waals surface area contributed by atoms with Crippen molar-refractivity contribution in [2.24, 2.45) is 0 Å². The molecule has 110 valence electrons. The molecular weight excluding hydrogens is 250 g/mol. The summed E-state index contributed by atoms with van der Waals surface area (Å²) >= 11 is 0. The van der Waals surface area contributed by atoms with Crippen LogP contribution in [0.3, 0.4) is 0 Å². The van der Waals surface area contributed by atoms with E-state index >= 15 is 0 Å². The van der Waals surface area contributed by atoms with Gasteiger partial charge in [0.25, 0.3) is 0 Å². The molecule has 3 amide bonds. The molecule has 0 aromatic heterocycles. The Morgan fingerprint density at radius 2 is 2.11 bits per heavy atom. The molecule has 0 aliphatic carbocycles. The van der Waals surface area contributed by atoms with Crippen LogP contribution in [0.5, 0.6) is 0 Å². The predicted octanol–water partition coefficient (Wildman–Crippen LogP) is -0.696. The van der Waals surface area contributed by atoms with Crippen LogP contribution in [0.15, 0.2) is 0 Å². The van der Waals surface area contributed by atoms with Crippen molar-refractivity contribution in [3.8, 4) is 0 Å². The molecule has 1 rings (SSSR count). The Balaban J connectivity index is 2.32. The highest BCUT2D eigenvalue weighted by atomic mass is 16.5. The van der Waals surface area contributed by atoms with Gasteiger partial charge in [0.2, 0.25) is 5.91 Å². The molecule has 1 aliphatic heterocycles. The molecule has 0 bridgehead atoms. The number of amides is 3. The van der Waals surface area contributed by atoms with Crippen molar-refractivity contribution in [2.45, 2.75) is 32.4 Å². The van der Waals surface area contributed by atoms with Crippen molar-refractivity contribution in [1.29, 1.82) is 0 Å². The molecule has 0 aromatic carbocycles. The van der Waals surface area contributed by atoms with Gasteiger partial charge in [-0.25, -0.2) is 4.79 Å². The van der Waals surface area contributed by atoms with Crippen molar-refractivity contribution in [1.82, 2.24) is 15.5 Å². The number of carbonyl (C=O) groups excluding carboxylic acids is 2. The molecule has 1 atom stereocenters. The van der Waals surface area contributed by atoms with Crippen LogP contribution in [0.25, 0.3) is 0 Å². The Morgan fingerprint density at radius 1 is 1.42 bits per heavy atom. The first-order valence-electron chi connectivity index (χ1n) is 6.37. The van der Waals surface area contributed by atoms with Gasteiger partial charge in [-0.2, -0.15) is 0 Å². The molecule has 3 N–H and O–H groups in total. The Kier molecular flexibility index (Phi) is 5.71. The maximum Gasteiger partial charge on any atom is 0.321 e. The fourth-order valence-corrected chi connectivity index (χ4v) is 1.78. The van der Waals surface area contributed by atoms with Crippen LogP contribution in [0, 0.1) is 0 Å². The second kappa shape index (κ2) is 6.83. The fourth-order valence-electron chi connectivity index (χ4n) is 1.78. The van der Waals surface area contributed by atoms with Crippen LogP contribution >= 0.6 is 0 Å². The molecule has 1 unspecified atom stereocenters. The second-order valence-electron chi connectivity index (χ2n) is 5.66.